The van der Waals surface area contributed by atoms with Crippen molar-refractivity contribution in [1.82, 2.24) is 10.2 Å². The van der Waals surface area contributed by atoms with E-state index >= 15 is 0 Å². The number of hydrogen-bond donors (Lipinski definition) is 1. The quantitative estimate of drug-likeness (QED) is 0.299. The molecule has 0 fully saturated rings. The van der Waals surface area contributed by atoms with Crippen molar-refractivity contribution < 1.29 is 23.7 Å². The standard InChI is InChI=1S/C32H40N2O5/c1-5-6-16-39-31-20-26-25(19-30(31)38-4)14-15-34(22-32(35)33-21-23-10-8-7-9-11-23)27(26)17-24-12-13-28(36-2)29(18-24)37-3/h7-13,18-20,27H,5-6,14-17,21-22H2,1-4H3,(H,33,35). The lowest BCUT2D eigenvalue weighted by Crippen LogP contribution is -2.43. The van der Waals surface area contributed by atoms with Gasteiger partial charge in [0.25, 0.3) is 0 Å². The van der Waals surface area contributed by atoms with Gasteiger partial charge in [0.15, 0.2) is 23.0 Å². The van der Waals surface area contributed by atoms with Crippen LogP contribution in [0.25, 0.3) is 0 Å². The molecular weight excluding hydrogens is 492 g/mol. The molecular formula is C32H40N2O5. The third kappa shape index (κ3) is 7.24. The summed E-state index contributed by atoms with van der Waals surface area (Å²) in [6.45, 7) is 4.37. The molecule has 7 heteroatoms. The van der Waals surface area contributed by atoms with Gasteiger partial charge in [0, 0.05) is 19.1 Å². The molecule has 1 aliphatic heterocycles. The lowest BCUT2D eigenvalue weighted by molar-refractivity contribution is -0.123. The van der Waals surface area contributed by atoms with Crippen LogP contribution in [0.3, 0.4) is 0 Å². The Labute approximate surface area is 232 Å². The number of nitrogens with zero attached hydrogens (tertiary/aromatic N) is 1. The summed E-state index contributed by atoms with van der Waals surface area (Å²) in [5, 5.41) is 3.09. The molecule has 1 amide bonds. The van der Waals surface area contributed by atoms with Crippen LogP contribution < -0.4 is 24.3 Å². The Morgan fingerprint density at radius 2 is 1.64 bits per heavy atom. The van der Waals surface area contributed by atoms with E-state index in [9.17, 15) is 4.79 Å². The molecule has 3 aromatic carbocycles. The van der Waals surface area contributed by atoms with Crippen LogP contribution >= 0.6 is 0 Å². The fourth-order valence-electron chi connectivity index (χ4n) is 5.06. The number of nitrogens with one attached hydrogen (secondary N) is 1. The number of amides is 1. The summed E-state index contributed by atoms with van der Waals surface area (Å²) in [6.07, 6.45) is 3.57. The Balaban J connectivity index is 1.62. The topological polar surface area (TPSA) is 69.3 Å². The molecule has 7 nitrogen and oxygen atoms in total. The van der Waals surface area contributed by atoms with Crippen LogP contribution in [0, 0.1) is 0 Å². The van der Waals surface area contributed by atoms with Crippen LogP contribution in [0.15, 0.2) is 60.7 Å². The highest BCUT2D eigenvalue weighted by atomic mass is 16.5. The molecule has 4 rings (SSSR count). The van der Waals surface area contributed by atoms with Gasteiger partial charge in [0.05, 0.1) is 34.5 Å². The molecule has 1 heterocycles. The number of fused-ring (bicyclic) bond motifs is 1. The van der Waals surface area contributed by atoms with Crippen molar-refractivity contribution in [2.45, 2.75) is 45.2 Å². The zero-order chi connectivity index (χ0) is 27.6. The van der Waals surface area contributed by atoms with E-state index in [0.29, 0.717) is 37.6 Å². The second-order valence-corrected chi connectivity index (χ2v) is 9.80. The van der Waals surface area contributed by atoms with Gasteiger partial charge in [-0.05, 0) is 65.8 Å². The highest BCUT2D eigenvalue weighted by Gasteiger charge is 2.31. The molecule has 1 unspecified atom stereocenters. The first-order valence-corrected chi connectivity index (χ1v) is 13.6. The average molecular weight is 533 g/mol. The number of rotatable bonds is 13. The van der Waals surface area contributed by atoms with Crippen molar-refractivity contribution in [2.75, 3.05) is 41.0 Å². The molecule has 0 radical (unpaired) electrons. The molecule has 0 saturated carbocycles. The van der Waals surface area contributed by atoms with Crippen LogP contribution in [0.5, 0.6) is 23.0 Å². The molecule has 208 valence electrons. The van der Waals surface area contributed by atoms with Crippen LogP contribution in [0.4, 0.5) is 0 Å². The van der Waals surface area contributed by atoms with E-state index in [2.05, 4.69) is 35.3 Å². The number of methoxy groups -OCH3 is 3. The monoisotopic (exact) mass is 532 g/mol. The maximum absolute atomic E-state index is 13.1. The Hall–Kier alpha value is -3.71. The first-order valence-electron chi connectivity index (χ1n) is 13.6. The summed E-state index contributed by atoms with van der Waals surface area (Å²) < 4.78 is 22.8. The van der Waals surface area contributed by atoms with Crippen molar-refractivity contribution in [1.29, 1.82) is 0 Å². The Bertz CT molecular complexity index is 1230. The van der Waals surface area contributed by atoms with Crippen molar-refractivity contribution in [3.05, 3.63) is 82.9 Å². The van der Waals surface area contributed by atoms with E-state index in [1.54, 1.807) is 21.3 Å². The van der Waals surface area contributed by atoms with Gasteiger partial charge in [-0.3, -0.25) is 9.69 Å². The van der Waals surface area contributed by atoms with E-state index in [1.807, 2.05) is 42.5 Å². The van der Waals surface area contributed by atoms with Crippen LogP contribution in [-0.2, 0) is 24.2 Å². The number of ether oxygens (including phenoxy) is 4. The first-order chi connectivity index (χ1) is 19.1. The molecule has 0 aromatic heterocycles. The highest BCUT2D eigenvalue weighted by Crippen LogP contribution is 2.40. The zero-order valence-electron chi connectivity index (χ0n) is 23.5. The van der Waals surface area contributed by atoms with Crippen molar-refractivity contribution >= 4 is 5.91 Å². The van der Waals surface area contributed by atoms with Gasteiger partial charge in [0.2, 0.25) is 5.91 Å². The zero-order valence-corrected chi connectivity index (χ0v) is 23.5. The average Bonchev–Trinajstić information content (AvgIpc) is 2.97. The lowest BCUT2D eigenvalue weighted by Gasteiger charge is -2.37. The normalized spacial score (nSPS) is 14.8. The molecule has 0 aliphatic carbocycles. The SMILES string of the molecule is CCCCOc1cc2c(cc1OC)CCN(CC(=O)NCc1ccccc1)C2Cc1ccc(OC)c(OC)c1. The summed E-state index contributed by atoms with van der Waals surface area (Å²) >= 11 is 0. The van der Waals surface area contributed by atoms with Gasteiger partial charge in [0.1, 0.15) is 0 Å². The number of unbranched alkanes of at least 4 members (excludes halogenated alkanes) is 1. The summed E-state index contributed by atoms with van der Waals surface area (Å²) in [4.78, 5) is 15.4. The van der Waals surface area contributed by atoms with E-state index in [4.69, 9.17) is 18.9 Å². The van der Waals surface area contributed by atoms with Gasteiger partial charge in [-0.1, -0.05) is 49.7 Å². The van der Waals surface area contributed by atoms with E-state index in [0.717, 1.165) is 48.4 Å². The van der Waals surface area contributed by atoms with Gasteiger partial charge in [-0.25, -0.2) is 0 Å². The highest BCUT2D eigenvalue weighted by molar-refractivity contribution is 5.78. The number of carbonyl (C=O) groups is 1. The number of carbonyl (C=O) groups excluding carboxylic acids is 1. The molecule has 3 aromatic rings. The maximum Gasteiger partial charge on any atom is 0.234 e. The largest absolute Gasteiger partial charge is 0.493 e. The van der Waals surface area contributed by atoms with E-state index in [-0.39, 0.29) is 11.9 Å². The fourth-order valence-corrected chi connectivity index (χ4v) is 5.06. The van der Waals surface area contributed by atoms with Crippen molar-refractivity contribution in [3.8, 4) is 23.0 Å². The molecule has 39 heavy (non-hydrogen) atoms. The lowest BCUT2D eigenvalue weighted by atomic mass is 9.88. The van der Waals surface area contributed by atoms with Crippen molar-refractivity contribution in [3.63, 3.8) is 0 Å². The summed E-state index contributed by atoms with van der Waals surface area (Å²) in [5.41, 5.74) is 4.57. The molecule has 0 bridgehead atoms. The first kappa shape index (κ1) is 28.3. The third-order valence-corrected chi connectivity index (χ3v) is 7.21. The molecule has 1 N–H and O–H groups in total. The third-order valence-electron chi connectivity index (χ3n) is 7.21. The fraction of sp³-hybridized carbons (Fsp3) is 0.406. The predicted octanol–water partition coefficient (Wildman–Crippen LogP) is 5.35. The minimum Gasteiger partial charge on any atom is -0.493 e. The Kier molecular flexibility index (Phi) is 10.1. The number of benzene rings is 3. The van der Waals surface area contributed by atoms with Crippen LogP contribution in [0.2, 0.25) is 0 Å². The molecule has 0 saturated heterocycles. The summed E-state index contributed by atoms with van der Waals surface area (Å²) in [7, 11) is 4.97. The second kappa shape index (κ2) is 13.9. The predicted molar refractivity (Wildman–Crippen MR) is 153 cm³/mol. The number of hydrogen-bond acceptors (Lipinski definition) is 6. The van der Waals surface area contributed by atoms with Gasteiger partial charge in [-0.15, -0.1) is 0 Å². The van der Waals surface area contributed by atoms with Crippen molar-refractivity contribution in [2.24, 2.45) is 0 Å². The Morgan fingerprint density at radius 3 is 2.36 bits per heavy atom. The maximum atomic E-state index is 13.1. The second-order valence-electron chi connectivity index (χ2n) is 9.80. The molecule has 1 aliphatic rings. The minimum atomic E-state index is -0.0197. The molecule has 1 atom stereocenters. The van der Waals surface area contributed by atoms with Gasteiger partial charge in [-0.2, -0.15) is 0 Å². The minimum absolute atomic E-state index is 0.00699. The summed E-state index contributed by atoms with van der Waals surface area (Å²) in [6, 6.07) is 20.2. The van der Waals surface area contributed by atoms with Crippen LogP contribution in [-0.4, -0.2) is 51.8 Å². The van der Waals surface area contributed by atoms with E-state index in [1.165, 1.54) is 11.1 Å². The van der Waals surface area contributed by atoms with E-state index < -0.39 is 0 Å². The molecule has 0 spiro atoms. The summed E-state index contributed by atoms with van der Waals surface area (Å²) in [5.74, 6) is 2.89. The Morgan fingerprint density at radius 1 is 0.897 bits per heavy atom. The van der Waals surface area contributed by atoms with Crippen LogP contribution in [0.1, 0.15) is 48.1 Å². The smallest absolute Gasteiger partial charge is 0.234 e. The van der Waals surface area contributed by atoms with Gasteiger partial charge >= 0.3 is 0 Å². The van der Waals surface area contributed by atoms with Gasteiger partial charge < -0.3 is 24.3 Å².